The Morgan fingerprint density at radius 1 is 1.10 bits per heavy atom. The third-order valence-electron chi connectivity index (χ3n) is 4.12. The summed E-state index contributed by atoms with van der Waals surface area (Å²) >= 11 is 0. The van der Waals surface area contributed by atoms with Crippen molar-refractivity contribution in [2.24, 2.45) is 0 Å². The normalized spacial score (nSPS) is 18.3. The second kappa shape index (κ2) is 6.54. The Kier molecular flexibility index (Phi) is 4.96. The Morgan fingerprint density at radius 3 is 2.38 bits per heavy atom. The van der Waals surface area contributed by atoms with Gasteiger partial charge in [-0.05, 0) is 19.9 Å². The van der Waals surface area contributed by atoms with Crippen LogP contribution in [0, 0.1) is 0 Å². The summed E-state index contributed by atoms with van der Waals surface area (Å²) in [5.41, 5.74) is 1.24. The molecule has 1 saturated heterocycles. The van der Waals surface area contributed by atoms with Gasteiger partial charge in [0.1, 0.15) is 0 Å². The Labute approximate surface area is 127 Å². The van der Waals surface area contributed by atoms with Crippen molar-refractivity contribution in [1.82, 2.24) is 10.2 Å². The molecule has 0 aliphatic carbocycles. The lowest BCUT2D eigenvalue weighted by molar-refractivity contribution is 0.0817. The number of piperazine rings is 1. The van der Waals surface area contributed by atoms with Crippen molar-refractivity contribution < 1.29 is 14.2 Å². The standard InChI is InChI=1S/C16H26N2O3/c1-16(2)11-17-8-9-18(16)10-12-6-7-13(19-3)15(21-5)14(12)20-4/h6-7,17H,8-11H2,1-5H3. The van der Waals surface area contributed by atoms with Crippen LogP contribution in [0.2, 0.25) is 0 Å². The second-order valence-corrected chi connectivity index (χ2v) is 5.90. The van der Waals surface area contributed by atoms with Gasteiger partial charge in [-0.15, -0.1) is 0 Å². The molecule has 2 rings (SSSR count). The predicted octanol–water partition coefficient (Wildman–Crippen LogP) is 1.90. The van der Waals surface area contributed by atoms with Crippen LogP contribution in [0.1, 0.15) is 19.4 Å². The molecule has 1 N–H and O–H groups in total. The lowest BCUT2D eigenvalue weighted by atomic mass is 9.99. The molecule has 1 aliphatic heterocycles. The first-order chi connectivity index (χ1) is 10.0. The lowest BCUT2D eigenvalue weighted by Gasteiger charge is -2.43. The number of rotatable bonds is 5. The molecule has 5 nitrogen and oxygen atoms in total. The van der Waals surface area contributed by atoms with Crippen molar-refractivity contribution in [2.45, 2.75) is 25.9 Å². The van der Waals surface area contributed by atoms with E-state index in [-0.39, 0.29) is 5.54 Å². The van der Waals surface area contributed by atoms with Crippen LogP contribution in [0.3, 0.4) is 0 Å². The van der Waals surface area contributed by atoms with Crippen LogP contribution < -0.4 is 19.5 Å². The number of benzene rings is 1. The molecule has 1 heterocycles. The van der Waals surface area contributed by atoms with E-state index in [0.29, 0.717) is 11.5 Å². The molecule has 0 bridgehead atoms. The van der Waals surface area contributed by atoms with E-state index < -0.39 is 0 Å². The number of hydrogen-bond acceptors (Lipinski definition) is 5. The molecule has 118 valence electrons. The monoisotopic (exact) mass is 294 g/mol. The van der Waals surface area contributed by atoms with Crippen molar-refractivity contribution in [3.05, 3.63) is 17.7 Å². The molecule has 0 amide bonds. The molecule has 0 aromatic heterocycles. The minimum Gasteiger partial charge on any atom is -0.493 e. The van der Waals surface area contributed by atoms with Gasteiger partial charge < -0.3 is 19.5 Å². The molecule has 0 unspecified atom stereocenters. The first-order valence-electron chi connectivity index (χ1n) is 7.27. The predicted molar refractivity (Wildman–Crippen MR) is 83.5 cm³/mol. The van der Waals surface area contributed by atoms with Crippen molar-refractivity contribution >= 4 is 0 Å². The minimum atomic E-state index is 0.121. The summed E-state index contributed by atoms with van der Waals surface area (Å²) in [4.78, 5) is 2.47. The first kappa shape index (κ1) is 15.9. The molecular formula is C16H26N2O3. The largest absolute Gasteiger partial charge is 0.493 e. The van der Waals surface area contributed by atoms with E-state index >= 15 is 0 Å². The van der Waals surface area contributed by atoms with E-state index in [9.17, 15) is 0 Å². The Bertz CT molecular complexity index is 489. The van der Waals surface area contributed by atoms with Crippen LogP contribution in [0.5, 0.6) is 17.2 Å². The Balaban J connectivity index is 2.31. The molecule has 1 aliphatic rings. The van der Waals surface area contributed by atoms with Crippen LogP contribution in [-0.2, 0) is 6.54 Å². The van der Waals surface area contributed by atoms with Gasteiger partial charge in [-0.1, -0.05) is 6.07 Å². The maximum atomic E-state index is 5.57. The summed E-state index contributed by atoms with van der Waals surface area (Å²) in [5, 5.41) is 3.44. The maximum absolute atomic E-state index is 5.57. The van der Waals surface area contributed by atoms with Gasteiger partial charge in [0.15, 0.2) is 11.5 Å². The second-order valence-electron chi connectivity index (χ2n) is 5.90. The van der Waals surface area contributed by atoms with Gasteiger partial charge in [-0.3, -0.25) is 4.90 Å². The van der Waals surface area contributed by atoms with Crippen LogP contribution >= 0.6 is 0 Å². The molecular weight excluding hydrogens is 268 g/mol. The topological polar surface area (TPSA) is 43.0 Å². The summed E-state index contributed by atoms with van der Waals surface area (Å²) in [5.74, 6) is 2.11. The highest BCUT2D eigenvalue weighted by Gasteiger charge is 2.30. The Morgan fingerprint density at radius 2 is 1.81 bits per heavy atom. The first-order valence-corrected chi connectivity index (χ1v) is 7.27. The molecule has 5 heteroatoms. The quantitative estimate of drug-likeness (QED) is 0.898. The average Bonchev–Trinajstić information content (AvgIpc) is 2.48. The maximum Gasteiger partial charge on any atom is 0.203 e. The van der Waals surface area contributed by atoms with Crippen LogP contribution in [0.15, 0.2) is 12.1 Å². The van der Waals surface area contributed by atoms with Gasteiger partial charge in [0.2, 0.25) is 5.75 Å². The van der Waals surface area contributed by atoms with Gasteiger partial charge in [0.05, 0.1) is 21.3 Å². The van der Waals surface area contributed by atoms with Gasteiger partial charge in [-0.25, -0.2) is 0 Å². The molecule has 0 atom stereocenters. The fourth-order valence-electron chi connectivity index (χ4n) is 2.81. The summed E-state index contributed by atoms with van der Waals surface area (Å²) in [7, 11) is 4.94. The smallest absolute Gasteiger partial charge is 0.203 e. The highest BCUT2D eigenvalue weighted by atomic mass is 16.5. The third-order valence-corrected chi connectivity index (χ3v) is 4.12. The number of hydrogen-bond donors (Lipinski definition) is 1. The average molecular weight is 294 g/mol. The third kappa shape index (κ3) is 3.24. The molecule has 0 saturated carbocycles. The van der Waals surface area contributed by atoms with E-state index in [1.165, 1.54) is 0 Å². The Hall–Kier alpha value is -1.46. The van der Waals surface area contributed by atoms with E-state index in [4.69, 9.17) is 14.2 Å². The summed E-state index contributed by atoms with van der Waals surface area (Å²) < 4.78 is 16.4. The zero-order chi connectivity index (χ0) is 15.5. The van der Waals surface area contributed by atoms with Crippen molar-refractivity contribution in [1.29, 1.82) is 0 Å². The fourth-order valence-corrected chi connectivity index (χ4v) is 2.81. The van der Waals surface area contributed by atoms with Crippen LogP contribution in [0.4, 0.5) is 0 Å². The molecule has 0 radical (unpaired) electrons. The molecule has 21 heavy (non-hydrogen) atoms. The van der Waals surface area contributed by atoms with E-state index in [2.05, 4.69) is 30.1 Å². The van der Waals surface area contributed by atoms with Gasteiger partial charge >= 0.3 is 0 Å². The van der Waals surface area contributed by atoms with E-state index in [1.807, 2.05) is 6.07 Å². The number of nitrogens with zero attached hydrogens (tertiary/aromatic N) is 1. The molecule has 1 aromatic carbocycles. The van der Waals surface area contributed by atoms with Gasteiger partial charge in [0, 0.05) is 37.3 Å². The van der Waals surface area contributed by atoms with Crippen molar-refractivity contribution in [3.63, 3.8) is 0 Å². The summed E-state index contributed by atoms with van der Waals surface area (Å²) in [6.07, 6.45) is 0. The van der Waals surface area contributed by atoms with E-state index in [0.717, 1.165) is 37.5 Å². The number of ether oxygens (including phenoxy) is 3. The molecule has 0 spiro atoms. The zero-order valence-corrected chi connectivity index (χ0v) is 13.7. The highest BCUT2D eigenvalue weighted by Crippen LogP contribution is 2.40. The van der Waals surface area contributed by atoms with Gasteiger partial charge in [0.25, 0.3) is 0 Å². The molecule has 1 fully saturated rings. The number of nitrogens with one attached hydrogen (secondary N) is 1. The summed E-state index contributed by atoms with van der Waals surface area (Å²) in [6, 6.07) is 3.99. The van der Waals surface area contributed by atoms with Crippen molar-refractivity contribution in [3.8, 4) is 17.2 Å². The fraction of sp³-hybridized carbons (Fsp3) is 0.625. The van der Waals surface area contributed by atoms with Gasteiger partial charge in [-0.2, -0.15) is 0 Å². The zero-order valence-electron chi connectivity index (χ0n) is 13.7. The van der Waals surface area contributed by atoms with E-state index in [1.54, 1.807) is 21.3 Å². The van der Waals surface area contributed by atoms with Crippen LogP contribution in [0.25, 0.3) is 0 Å². The SMILES string of the molecule is COc1ccc(CN2CCNCC2(C)C)c(OC)c1OC. The van der Waals surface area contributed by atoms with Crippen molar-refractivity contribution in [2.75, 3.05) is 41.0 Å². The minimum absolute atomic E-state index is 0.121. The van der Waals surface area contributed by atoms with Crippen LogP contribution in [-0.4, -0.2) is 51.4 Å². The molecule has 1 aromatic rings. The summed E-state index contributed by atoms with van der Waals surface area (Å²) in [6.45, 7) is 8.36. The highest BCUT2D eigenvalue weighted by molar-refractivity contribution is 5.55. The lowest BCUT2D eigenvalue weighted by Crippen LogP contribution is -2.57. The number of methoxy groups -OCH3 is 3.